The summed E-state index contributed by atoms with van der Waals surface area (Å²) in [5, 5.41) is 12.8. The van der Waals surface area contributed by atoms with Gasteiger partial charge in [-0.05, 0) is 48.9 Å². The molecular formula is C17H17N3. The fourth-order valence-corrected chi connectivity index (χ4v) is 2.88. The summed E-state index contributed by atoms with van der Waals surface area (Å²) < 4.78 is 0. The zero-order chi connectivity index (χ0) is 13.9. The number of nitrogens with one attached hydrogen (secondary N) is 1. The molecule has 3 heteroatoms. The van der Waals surface area contributed by atoms with Crippen LogP contribution in [0, 0.1) is 18.3 Å². The van der Waals surface area contributed by atoms with Crippen LogP contribution in [0.15, 0.2) is 36.5 Å². The minimum absolute atomic E-state index is 0.251. The number of benzene rings is 1. The molecule has 0 fully saturated rings. The van der Waals surface area contributed by atoms with E-state index in [0.29, 0.717) is 11.4 Å². The Hall–Kier alpha value is -2.34. The molecule has 0 radical (unpaired) electrons. The van der Waals surface area contributed by atoms with Crippen molar-refractivity contribution in [3.8, 4) is 6.07 Å². The largest absolute Gasteiger partial charge is 0.362 e. The van der Waals surface area contributed by atoms with Crippen LogP contribution >= 0.6 is 0 Å². The first-order chi connectivity index (χ1) is 9.79. The summed E-state index contributed by atoms with van der Waals surface area (Å²) in [4.78, 5) is 4.34. The van der Waals surface area contributed by atoms with Crippen LogP contribution in [0.1, 0.15) is 41.1 Å². The molecule has 2 aromatic rings. The highest BCUT2D eigenvalue weighted by Crippen LogP contribution is 2.32. The molecule has 3 nitrogen and oxygen atoms in total. The number of aromatic nitrogens is 1. The van der Waals surface area contributed by atoms with Crippen molar-refractivity contribution in [1.29, 1.82) is 5.26 Å². The Balaban J connectivity index is 1.94. The van der Waals surface area contributed by atoms with E-state index >= 15 is 0 Å². The van der Waals surface area contributed by atoms with Crippen LogP contribution in [-0.4, -0.2) is 4.98 Å². The van der Waals surface area contributed by atoms with Gasteiger partial charge >= 0.3 is 0 Å². The van der Waals surface area contributed by atoms with E-state index in [0.717, 1.165) is 18.4 Å². The Kier molecular flexibility index (Phi) is 3.39. The van der Waals surface area contributed by atoms with Gasteiger partial charge in [0.1, 0.15) is 11.9 Å². The first-order valence-electron chi connectivity index (χ1n) is 6.99. The number of hydrogen-bond acceptors (Lipinski definition) is 3. The topological polar surface area (TPSA) is 48.7 Å². The minimum atomic E-state index is 0.251. The number of nitriles is 1. The summed E-state index contributed by atoms with van der Waals surface area (Å²) >= 11 is 0. The van der Waals surface area contributed by atoms with E-state index in [9.17, 15) is 5.26 Å². The zero-order valence-corrected chi connectivity index (χ0v) is 11.6. The molecule has 1 atom stereocenters. The monoisotopic (exact) mass is 263 g/mol. The van der Waals surface area contributed by atoms with Crippen LogP contribution in [0.5, 0.6) is 0 Å². The molecule has 1 aromatic carbocycles. The average molecular weight is 263 g/mol. The maximum atomic E-state index is 9.29. The van der Waals surface area contributed by atoms with E-state index in [1.165, 1.54) is 17.5 Å². The number of aryl methyl sites for hydroxylation is 2. The Labute approximate surface area is 119 Å². The van der Waals surface area contributed by atoms with Gasteiger partial charge in [0.25, 0.3) is 0 Å². The van der Waals surface area contributed by atoms with E-state index in [4.69, 9.17) is 0 Å². The molecular weight excluding hydrogens is 246 g/mol. The smallest absolute Gasteiger partial charge is 0.144 e. The van der Waals surface area contributed by atoms with Crippen LogP contribution in [-0.2, 0) is 6.42 Å². The van der Waals surface area contributed by atoms with Gasteiger partial charge in [-0.3, -0.25) is 0 Å². The average Bonchev–Trinajstić information content (AvgIpc) is 2.48. The van der Waals surface area contributed by atoms with Crippen LogP contribution in [0.25, 0.3) is 0 Å². The Morgan fingerprint density at radius 1 is 1.30 bits per heavy atom. The molecule has 1 aliphatic rings. The number of nitrogens with zero attached hydrogens (tertiary/aromatic N) is 2. The van der Waals surface area contributed by atoms with Crippen LogP contribution < -0.4 is 5.32 Å². The molecule has 1 N–H and O–H groups in total. The number of pyridine rings is 1. The highest BCUT2D eigenvalue weighted by Gasteiger charge is 2.21. The predicted octanol–water partition coefficient (Wildman–Crippen LogP) is 3.75. The standard InChI is InChI=1S/C17H17N3/c1-12-9-10-19-17(15(12)11-18)20-16-8-4-6-13-5-2-3-7-14(13)16/h2-3,5,7,9-10,16H,4,6,8H2,1H3,(H,19,20). The summed E-state index contributed by atoms with van der Waals surface area (Å²) in [6.45, 7) is 1.94. The van der Waals surface area contributed by atoms with Crippen molar-refractivity contribution in [2.45, 2.75) is 32.2 Å². The van der Waals surface area contributed by atoms with Gasteiger partial charge < -0.3 is 5.32 Å². The summed E-state index contributed by atoms with van der Waals surface area (Å²) in [5.74, 6) is 0.703. The predicted molar refractivity (Wildman–Crippen MR) is 79.4 cm³/mol. The Morgan fingerprint density at radius 3 is 3.00 bits per heavy atom. The quantitative estimate of drug-likeness (QED) is 0.897. The molecule has 1 aromatic heterocycles. The zero-order valence-electron chi connectivity index (χ0n) is 11.6. The SMILES string of the molecule is Cc1ccnc(NC2CCCc3ccccc32)c1C#N. The molecule has 3 rings (SSSR count). The normalized spacial score (nSPS) is 17.1. The Morgan fingerprint density at radius 2 is 2.15 bits per heavy atom. The first kappa shape index (κ1) is 12.7. The molecule has 0 aliphatic heterocycles. The fraction of sp³-hybridized carbons (Fsp3) is 0.294. The number of rotatable bonds is 2. The molecule has 1 aliphatic carbocycles. The molecule has 0 saturated heterocycles. The maximum absolute atomic E-state index is 9.29. The second kappa shape index (κ2) is 5.34. The van der Waals surface area contributed by atoms with Crippen molar-refractivity contribution in [2.75, 3.05) is 5.32 Å². The van der Waals surface area contributed by atoms with Crippen molar-refractivity contribution in [3.05, 3.63) is 58.8 Å². The highest BCUT2D eigenvalue weighted by molar-refractivity contribution is 5.56. The molecule has 0 spiro atoms. The molecule has 0 amide bonds. The lowest BCUT2D eigenvalue weighted by Crippen LogP contribution is -2.18. The van der Waals surface area contributed by atoms with E-state index in [-0.39, 0.29) is 6.04 Å². The van der Waals surface area contributed by atoms with Crippen molar-refractivity contribution in [2.24, 2.45) is 0 Å². The van der Waals surface area contributed by atoms with E-state index in [1.54, 1.807) is 6.20 Å². The summed E-state index contributed by atoms with van der Waals surface area (Å²) in [5.41, 5.74) is 4.36. The minimum Gasteiger partial charge on any atom is -0.362 e. The molecule has 1 unspecified atom stereocenters. The molecule has 0 saturated carbocycles. The second-order valence-electron chi connectivity index (χ2n) is 5.25. The third kappa shape index (κ3) is 2.25. The second-order valence-corrected chi connectivity index (χ2v) is 5.25. The van der Waals surface area contributed by atoms with Crippen LogP contribution in [0.2, 0.25) is 0 Å². The first-order valence-corrected chi connectivity index (χ1v) is 6.99. The molecule has 1 heterocycles. The third-order valence-electron chi connectivity index (χ3n) is 3.95. The lowest BCUT2D eigenvalue weighted by atomic mass is 9.87. The molecule has 0 bridgehead atoms. The summed E-state index contributed by atoms with van der Waals surface area (Å²) in [6.07, 6.45) is 5.15. The van der Waals surface area contributed by atoms with Gasteiger partial charge in [-0.25, -0.2) is 4.98 Å². The van der Waals surface area contributed by atoms with Gasteiger partial charge in [-0.15, -0.1) is 0 Å². The van der Waals surface area contributed by atoms with Gasteiger partial charge in [0, 0.05) is 6.20 Å². The molecule has 20 heavy (non-hydrogen) atoms. The van der Waals surface area contributed by atoms with E-state index < -0.39 is 0 Å². The summed E-state index contributed by atoms with van der Waals surface area (Å²) in [7, 11) is 0. The van der Waals surface area contributed by atoms with Gasteiger partial charge in [-0.1, -0.05) is 24.3 Å². The molecule has 100 valence electrons. The summed E-state index contributed by atoms with van der Waals surface area (Å²) in [6, 6.07) is 12.9. The number of fused-ring (bicyclic) bond motifs is 1. The highest BCUT2D eigenvalue weighted by atomic mass is 15.0. The lowest BCUT2D eigenvalue weighted by Gasteiger charge is -2.27. The number of anilines is 1. The van der Waals surface area contributed by atoms with Crippen molar-refractivity contribution in [1.82, 2.24) is 4.98 Å². The van der Waals surface area contributed by atoms with E-state index in [2.05, 4.69) is 40.6 Å². The third-order valence-corrected chi connectivity index (χ3v) is 3.95. The van der Waals surface area contributed by atoms with Gasteiger partial charge in [-0.2, -0.15) is 5.26 Å². The van der Waals surface area contributed by atoms with Gasteiger partial charge in [0.2, 0.25) is 0 Å². The van der Waals surface area contributed by atoms with Crippen molar-refractivity contribution >= 4 is 5.82 Å². The maximum Gasteiger partial charge on any atom is 0.144 e. The van der Waals surface area contributed by atoms with Gasteiger partial charge in [0.05, 0.1) is 11.6 Å². The van der Waals surface area contributed by atoms with Crippen LogP contribution in [0.4, 0.5) is 5.82 Å². The Bertz CT molecular complexity index is 670. The fourth-order valence-electron chi connectivity index (χ4n) is 2.88. The van der Waals surface area contributed by atoms with Crippen molar-refractivity contribution < 1.29 is 0 Å². The lowest BCUT2D eigenvalue weighted by molar-refractivity contribution is 0.598. The van der Waals surface area contributed by atoms with Crippen LogP contribution in [0.3, 0.4) is 0 Å². The van der Waals surface area contributed by atoms with E-state index in [1.807, 2.05) is 13.0 Å². The van der Waals surface area contributed by atoms with Gasteiger partial charge in [0.15, 0.2) is 0 Å². The number of hydrogen-bond donors (Lipinski definition) is 1. The van der Waals surface area contributed by atoms with Crippen molar-refractivity contribution in [3.63, 3.8) is 0 Å².